The highest BCUT2D eigenvalue weighted by atomic mass is 16.5. The molecule has 176 valence electrons. The lowest BCUT2D eigenvalue weighted by Gasteiger charge is -2.14. The first-order valence-electron chi connectivity index (χ1n) is 10.5. The summed E-state index contributed by atoms with van der Waals surface area (Å²) in [6.07, 6.45) is 3.50. The number of nitrogens with two attached hydrogens (primary N) is 2. The zero-order chi connectivity index (χ0) is 24.2. The molecule has 1 atom stereocenters. The molecular weight excluding hydrogens is 442 g/mol. The molecule has 0 saturated heterocycles. The lowest BCUT2D eigenvalue weighted by molar-refractivity contribution is -0.139. The highest BCUT2D eigenvalue weighted by Crippen LogP contribution is 2.24. The van der Waals surface area contributed by atoms with Gasteiger partial charge in [-0.25, -0.2) is 14.7 Å². The van der Waals surface area contributed by atoms with E-state index < -0.39 is 23.5 Å². The van der Waals surface area contributed by atoms with E-state index in [1.54, 1.807) is 12.1 Å². The average molecular weight is 465 g/mol. The summed E-state index contributed by atoms with van der Waals surface area (Å²) in [6, 6.07) is 7.04. The number of carbonyl (C=O) groups is 2. The lowest BCUT2D eigenvalue weighted by Crippen LogP contribution is -2.41. The van der Waals surface area contributed by atoms with Crippen LogP contribution in [-0.2, 0) is 24.1 Å². The van der Waals surface area contributed by atoms with Gasteiger partial charge in [0.2, 0.25) is 5.95 Å². The number of anilines is 2. The fraction of sp³-hybridized carbons (Fsp3) is 0.227. The largest absolute Gasteiger partial charge is 0.480 e. The second-order valence-corrected chi connectivity index (χ2v) is 7.80. The first-order valence-corrected chi connectivity index (χ1v) is 10.5. The third-order valence-electron chi connectivity index (χ3n) is 5.44. The van der Waals surface area contributed by atoms with Gasteiger partial charge < -0.3 is 31.4 Å². The van der Waals surface area contributed by atoms with Gasteiger partial charge in [-0.1, -0.05) is 12.1 Å². The zero-order valence-electron chi connectivity index (χ0n) is 18.0. The molecule has 0 saturated carbocycles. The highest BCUT2D eigenvalue weighted by molar-refractivity contribution is 5.96. The van der Waals surface area contributed by atoms with Crippen molar-refractivity contribution >= 4 is 34.7 Å². The molecule has 4 rings (SSSR count). The van der Waals surface area contributed by atoms with Gasteiger partial charge in [0, 0.05) is 17.8 Å². The number of carboxylic acid groups (broad SMARTS) is 1. The normalized spacial score (nSPS) is 12.0. The molecule has 8 N–H and O–H groups in total. The quantitative estimate of drug-likeness (QED) is 0.208. The SMILES string of the molecule is Nc1nc(N)c2c(CCc3ccc(C(=O)N[C@@H](CCc4cc(=O)o[nH]4)C(=O)O)cc3)c[nH]c2n1. The maximum absolute atomic E-state index is 12.5. The van der Waals surface area contributed by atoms with E-state index >= 15 is 0 Å². The molecule has 0 aliphatic carbocycles. The monoisotopic (exact) mass is 465 g/mol. The minimum Gasteiger partial charge on any atom is -0.480 e. The third kappa shape index (κ3) is 5.06. The number of carbonyl (C=O) groups excluding carboxylic acids is 1. The van der Waals surface area contributed by atoms with Gasteiger partial charge in [-0.05, 0) is 48.9 Å². The van der Waals surface area contributed by atoms with E-state index in [2.05, 4.69) is 29.9 Å². The van der Waals surface area contributed by atoms with Gasteiger partial charge in [0.1, 0.15) is 17.5 Å². The van der Waals surface area contributed by atoms with Crippen LogP contribution in [0, 0.1) is 0 Å². The van der Waals surface area contributed by atoms with Crippen LogP contribution in [0.5, 0.6) is 0 Å². The fourth-order valence-electron chi connectivity index (χ4n) is 3.68. The standard InChI is InChI=1S/C22H23N7O5/c23-18-17-13(10-25-19(17)28-22(24)27-18)6-3-11-1-4-12(5-2-11)20(31)26-15(21(32)33)8-7-14-9-16(30)34-29-14/h1-2,4-5,9-10,15,29H,3,6-8H2,(H,26,31)(H,32,33)(H5,23,24,25,27,28)/t15-/m0/s1. The number of nitrogen functional groups attached to an aromatic ring is 2. The van der Waals surface area contributed by atoms with E-state index in [9.17, 15) is 19.5 Å². The van der Waals surface area contributed by atoms with Crippen LogP contribution in [0.2, 0.25) is 0 Å². The van der Waals surface area contributed by atoms with Gasteiger partial charge in [-0.2, -0.15) is 9.97 Å². The molecule has 0 spiro atoms. The van der Waals surface area contributed by atoms with Gasteiger partial charge in [0.25, 0.3) is 5.91 Å². The molecule has 0 fully saturated rings. The van der Waals surface area contributed by atoms with E-state index in [-0.39, 0.29) is 18.8 Å². The summed E-state index contributed by atoms with van der Waals surface area (Å²) in [5, 5.41) is 15.1. The van der Waals surface area contributed by atoms with Crippen molar-refractivity contribution in [1.82, 2.24) is 25.4 Å². The van der Waals surface area contributed by atoms with Crippen molar-refractivity contribution in [2.75, 3.05) is 11.5 Å². The second kappa shape index (κ2) is 9.48. The number of aryl methyl sites for hydroxylation is 3. The Kier molecular flexibility index (Phi) is 6.30. The number of aliphatic carboxylic acids is 1. The lowest BCUT2D eigenvalue weighted by atomic mass is 10.0. The van der Waals surface area contributed by atoms with E-state index in [0.29, 0.717) is 35.6 Å². The predicted octanol–water partition coefficient (Wildman–Crippen LogP) is 1.00. The number of aromatic amines is 2. The number of benzene rings is 1. The molecule has 12 nitrogen and oxygen atoms in total. The fourth-order valence-corrected chi connectivity index (χ4v) is 3.68. The van der Waals surface area contributed by atoms with E-state index in [1.807, 2.05) is 18.3 Å². The summed E-state index contributed by atoms with van der Waals surface area (Å²) in [6.45, 7) is 0. The highest BCUT2D eigenvalue weighted by Gasteiger charge is 2.21. The Morgan fingerprint density at radius 2 is 1.88 bits per heavy atom. The molecule has 0 unspecified atom stereocenters. The van der Waals surface area contributed by atoms with Crippen molar-refractivity contribution in [3.05, 3.63) is 69.3 Å². The van der Waals surface area contributed by atoms with Crippen LogP contribution in [0.4, 0.5) is 11.8 Å². The average Bonchev–Trinajstić information content (AvgIpc) is 3.41. The zero-order valence-corrected chi connectivity index (χ0v) is 18.0. The molecule has 34 heavy (non-hydrogen) atoms. The van der Waals surface area contributed by atoms with Crippen LogP contribution in [-0.4, -0.2) is 43.1 Å². The van der Waals surface area contributed by atoms with Crippen LogP contribution in [0.25, 0.3) is 11.0 Å². The Bertz CT molecular complexity index is 1390. The minimum atomic E-state index is -1.17. The Hall–Kier alpha value is -4.61. The Morgan fingerprint density at radius 3 is 2.56 bits per heavy atom. The van der Waals surface area contributed by atoms with Gasteiger partial charge in [-0.3, -0.25) is 4.79 Å². The molecule has 1 amide bonds. The molecule has 12 heteroatoms. The van der Waals surface area contributed by atoms with E-state index in [4.69, 9.17) is 11.5 Å². The van der Waals surface area contributed by atoms with Crippen LogP contribution in [0.1, 0.15) is 33.6 Å². The number of hydrogen-bond acceptors (Lipinski definition) is 8. The maximum Gasteiger partial charge on any atom is 0.357 e. The second-order valence-electron chi connectivity index (χ2n) is 7.80. The van der Waals surface area contributed by atoms with Crippen LogP contribution in [0.15, 0.2) is 45.8 Å². The maximum atomic E-state index is 12.5. The predicted molar refractivity (Wildman–Crippen MR) is 123 cm³/mol. The van der Waals surface area contributed by atoms with Crippen molar-refractivity contribution in [1.29, 1.82) is 0 Å². The van der Waals surface area contributed by atoms with E-state index in [1.165, 1.54) is 6.07 Å². The Labute approximate surface area is 192 Å². The number of fused-ring (bicyclic) bond motifs is 1. The topological polar surface area (TPSA) is 206 Å². The summed E-state index contributed by atoms with van der Waals surface area (Å²) < 4.78 is 4.56. The van der Waals surface area contributed by atoms with Crippen molar-refractivity contribution in [3.8, 4) is 0 Å². The summed E-state index contributed by atoms with van der Waals surface area (Å²) in [4.78, 5) is 46.3. The number of hydrogen-bond donors (Lipinski definition) is 6. The Balaban J connectivity index is 1.36. The van der Waals surface area contributed by atoms with Crippen molar-refractivity contribution in [2.24, 2.45) is 0 Å². The number of nitrogens with zero attached hydrogens (tertiary/aromatic N) is 2. The summed E-state index contributed by atoms with van der Waals surface area (Å²) in [5.74, 6) is -1.25. The van der Waals surface area contributed by atoms with Crippen LogP contribution in [0.3, 0.4) is 0 Å². The van der Waals surface area contributed by atoms with Crippen molar-refractivity contribution in [3.63, 3.8) is 0 Å². The molecule has 1 aromatic carbocycles. The van der Waals surface area contributed by atoms with Gasteiger partial charge in [0.05, 0.1) is 11.1 Å². The van der Waals surface area contributed by atoms with Crippen molar-refractivity contribution in [2.45, 2.75) is 31.7 Å². The number of H-pyrrole nitrogens is 2. The molecule has 3 aromatic heterocycles. The van der Waals surface area contributed by atoms with Crippen molar-refractivity contribution < 1.29 is 19.2 Å². The Morgan fingerprint density at radius 1 is 1.12 bits per heavy atom. The molecule has 0 aliphatic rings. The number of nitrogens with one attached hydrogen (secondary N) is 3. The van der Waals surface area contributed by atoms with Crippen LogP contribution >= 0.6 is 0 Å². The first kappa shape index (κ1) is 22.6. The molecular formula is C22H23N7O5. The molecule has 4 aromatic rings. The molecule has 0 radical (unpaired) electrons. The molecule has 0 aliphatic heterocycles. The summed E-state index contributed by atoms with van der Waals surface area (Å²) in [7, 11) is 0. The first-order chi connectivity index (χ1) is 16.3. The van der Waals surface area contributed by atoms with E-state index in [0.717, 1.165) is 16.5 Å². The molecule has 0 bridgehead atoms. The minimum absolute atomic E-state index is 0.0950. The number of carboxylic acids is 1. The van der Waals surface area contributed by atoms with Gasteiger partial charge in [0.15, 0.2) is 0 Å². The third-order valence-corrected chi connectivity index (χ3v) is 5.44. The van der Waals surface area contributed by atoms with Gasteiger partial charge in [-0.15, -0.1) is 0 Å². The number of rotatable bonds is 9. The van der Waals surface area contributed by atoms with Gasteiger partial charge >= 0.3 is 11.6 Å². The number of aromatic nitrogens is 4. The number of amides is 1. The molecule has 3 heterocycles. The summed E-state index contributed by atoms with van der Waals surface area (Å²) in [5.41, 5.74) is 14.4. The smallest absolute Gasteiger partial charge is 0.357 e. The summed E-state index contributed by atoms with van der Waals surface area (Å²) >= 11 is 0. The van der Waals surface area contributed by atoms with Crippen LogP contribution < -0.4 is 22.4 Å².